The molecular formula is C20H17F2NO3S. The summed E-state index contributed by atoms with van der Waals surface area (Å²) in [7, 11) is -3.80. The highest BCUT2D eigenvalue weighted by Crippen LogP contribution is 2.23. The van der Waals surface area contributed by atoms with E-state index in [1.165, 1.54) is 30.3 Å². The summed E-state index contributed by atoms with van der Waals surface area (Å²) in [5.74, 6) is -0.0605. The first-order valence-electron chi connectivity index (χ1n) is 8.13. The van der Waals surface area contributed by atoms with Crippen LogP contribution in [-0.4, -0.2) is 15.0 Å². The smallest absolute Gasteiger partial charge is 0.387 e. The Bertz CT molecular complexity index is 991. The van der Waals surface area contributed by atoms with Crippen LogP contribution in [0.3, 0.4) is 0 Å². The van der Waals surface area contributed by atoms with Crippen LogP contribution in [0.2, 0.25) is 0 Å². The number of halogens is 2. The van der Waals surface area contributed by atoms with Crippen molar-refractivity contribution in [2.24, 2.45) is 0 Å². The van der Waals surface area contributed by atoms with E-state index in [4.69, 9.17) is 0 Å². The second-order valence-electron chi connectivity index (χ2n) is 5.70. The Morgan fingerprint density at radius 2 is 1.41 bits per heavy atom. The number of sulfonamides is 1. The third kappa shape index (κ3) is 4.90. The predicted molar refractivity (Wildman–Crippen MR) is 99.0 cm³/mol. The number of alkyl halides is 2. The molecule has 4 nitrogen and oxygen atoms in total. The third-order valence-corrected chi connectivity index (χ3v) is 5.33. The van der Waals surface area contributed by atoms with Gasteiger partial charge in [0.05, 0.1) is 4.90 Å². The van der Waals surface area contributed by atoms with Crippen LogP contribution in [0.15, 0.2) is 83.8 Å². The number of hydrogen-bond donors (Lipinski definition) is 1. The minimum atomic E-state index is -3.80. The molecule has 27 heavy (non-hydrogen) atoms. The molecular weight excluding hydrogens is 372 g/mol. The molecule has 0 spiro atoms. The standard InChI is InChI=1S/C20H17F2NO3S/c21-20(22)26-19-9-5-4-8-17(19)14-23-27(24,25)18-12-10-16(11-13-18)15-6-2-1-3-7-15/h1-13,20,23H,14H2. The highest BCUT2D eigenvalue weighted by atomic mass is 32.2. The lowest BCUT2D eigenvalue weighted by Gasteiger charge is -2.12. The monoisotopic (exact) mass is 389 g/mol. The van der Waals surface area contributed by atoms with Crippen LogP contribution in [0.5, 0.6) is 5.75 Å². The average molecular weight is 389 g/mol. The van der Waals surface area contributed by atoms with Gasteiger partial charge in [-0.05, 0) is 29.3 Å². The van der Waals surface area contributed by atoms with Crippen molar-refractivity contribution >= 4 is 10.0 Å². The fourth-order valence-corrected chi connectivity index (χ4v) is 3.58. The van der Waals surface area contributed by atoms with Crippen molar-refractivity contribution in [2.45, 2.75) is 18.1 Å². The van der Waals surface area contributed by atoms with Gasteiger partial charge < -0.3 is 4.74 Å². The number of nitrogens with one attached hydrogen (secondary N) is 1. The fraction of sp³-hybridized carbons (Fsp3) is 0.100. The normalized spacial score (nSPS) is 11.5. The molecule has 0 fully saturated rings. The SMILES string of the molecule is O=S(=O)(NCc1ccccc1OC(F)F)c1ccc(-c2ccccc2)cc1. The minimum Gasteiger partial charge on any atom is -0.434 e. The number of hydrogen-bond acceptors (Lipinski definition) is 3. The molecule has 0 saturated carbocycles. The van der Waals surface area contributed by atoms with Gasteiger partial charge in [0.25, 0.3) is 0 Å². The van der Waals surface area contributed by atoms with E-state index in [0.29, 0.717) is 5.56 Å². The summed E-state index contributed by atoms with van der Waals surface area (Å²) < 4.78 is 56.7. The summed E-state index contributed by atoms with van der Waals surface area (Å²) in [5, 5.41) is 0. The number of ether oxygens (including phenoxy) is 1. The Hall–Kier alpha value is -2.77. The molecule has 0 aliphatic heterocycles. The highest BCUT2D eigenvalue weighted by Gasteiger charge is 2.16. The molecule has 0 unspecified atom stereocenters. The van der Waals surface area contributed by atoms with Gasteiger partial charge in [0.15, 0.2) is 0 Å². The molecule has 3 aromatic rings. The minimum absolute atomic E-state index is 0.0605. The molecule has 0 atom stereocenters. The van der Waals surface area contributed by atoms with E-state index in [1.807, 2.05) is 30.3 Å². The van der Waals surface area contributed by atoms with Crippen LogP contribution in [0.25, 0.3) is 11.1 Å². The van der Waals surface area contributed by atoms with E-state index >= 15 is 0 Å². The predicted octanol–water partition coefficient (Wildman–Crippen LogP) is 4.43. The largest absolute Gasteiger partial charge is 0.434 e. The van der Waals surface area contributed by atoms with E-state index in [2.05, 4.69) is 9.46 Å². The maximum Gasteiger partial charge on any atom is 0.387 e. The van der Waals surface area contributed by atoms with E-state index in [9.17, 15) is 17.2 Å². The van der Waals surface area contributed by atoms with Gasteiger partial charge in [-0.25, -0.2) is 13.1 Å². The summed E-state index contributed by atoms with van der Waals surface area (Å²) in [4.78, 5) is 0.0921. The molecule has 0 saturated heterocycles. The maximum atomic E-state index is 12.5. The first-order chi connectivity index (χ1) is 13.0. The van der Waals surface area contributed by atoms with Crippen molar-refractivity contribution in [2.75, 3.05) is 0 Å². The quantitative estimate of drug-likeness (QED) is 0.650. The second-order valence-corrected chi connectivity index (χ2v) is 7.47. The first-order valence-corrected chi connectivity index (χ1v) is 9.62. The number of rotatable bonds is 7. The van der Waals surface area contributed by atoms with Crippen molar-refractivity contribution < 1.29 is 21.9 Å². The molecule has 0 aliphatic carbocycles. The number of benzene rings is 3. The van der Waals surface area contributed by atoms with Crippen molar-refractivity contribution in [3.63, 3.8) is 0 Å². The maximum absolute atomic E-state index is 12.5. The van der Waals surface area contributed by atoms with E-state index in [-0.39, 0.29) is 17.2 Å². The third-order valence-electron chi connectivity index (χ3n) is 3.91. The van der Waals surface area contributed by atoms with Gasteiger partial charge in [0.2, 0.25) is 10.0 Å². The van der Waals surface area contributed by atoms with E-state index in [0.717, 1.165) is 11.1 Å². The van der Waals surface area contributed by atoms with Crippen LogP contribution in [-0.2, 0) is 16.6 Å². The lowest BCUT2D eigenvalue weighted by Crippen LogP contribution is -2.23. The summed E-state index contributed by atoms with van der Waals surface area (Å²) >= 11 is 0. The van der Waals surface area contributed by atoms with Gasteiger partial charge in [0, 0.05) is 12.1 Å². The average Bonchev–Trinajstić information content (AvgIpc) is 2.68. The molecule has 1 N–H and O–H groups in total. The molecule has 0 aromatic heterocycles. The summed E-state index contributed by atoms with van der Waals surface area (Å²) in [6.07, 6.45) is 0. The van der Waals surface area contributed by atoms with E-state index < -0.39 is 16.6 Å². The van der Waals surface area contributed by atoms with Gasteiger partial charge >= 0.3 is 6.61 Å². The molecule has 0 amide bonds. The Balaban J connectivity index is 1.74. The molecule has 3 aromatic carbocycles. The zero-order valence-electron chi connectivity index (χ0n) is 14.2. The van der Waals surface area contributed by atoms with Gasteiger partial charge in [-0.1, -0.05) is 60.7 Å². The molecule has 0 aliphatic rings. The summed E-state index contributed by atoms with van der Waals surface area (Å²) in [5.41, 5.74) is 2.19. The molecule has 7 heteroatoms. The van der Waals surface area contributed by atoms with Crippen LogP contribution in [0.1, 0.15) is 5.56 Å². The van der Waals surface area contributed by atoms with Crippen LogP contribution >= 0.6 is 0 Å². The summed E-state index contributed by atoms with van der Waals surface area (Å²) in [6.45, 7) is -3.14. The van der Waals surface area contributed by atoms with Gasteiger partial charge in [-0.2, -0.15) is 8.78 Å². The fourth-order valence-electron chi connectivity index (χ4n) is 2.57. The lowest BCUT2D eigenvalue weighted by atomic mass is 10.1. The molecule has 0 radical (unpaired) electrons. The first kappa shape index (κ1) is 19.0. The van der Waals surface area contributed by atoms with Crippen LogP contribution in [0.4, 0.5) is 8.78 Å². The van der Waals surface area contributed by atoms with Gasteiger partial charge in [-0.3, -0.25) is 0 Å². The highest BCUT2D eigenvalue weighted by molar-refractivity contribution is 7.89. The van der Waals surface area contributed by atoms with Gasteiger partial charge in [-0.15, -0.1) is 0 Å². The molecule has 3 rings (SSSR count). The molecule has 0 bridgehead atoms. The van der Waals surface area contributed by atoms with Crippen molar-refractivity contribution in [3.05, 3.63) is 84.4 Å². The van der Waals surface area contributed by atoms with Crippen LogP contribution < -0.4 is 9.46 Å². The Morgan fingerprint density at radius 1 is 0.815 bits per heavy atom. The zero-order valence-corrected chi connectivity index (χ0v) is 15.0. The second kappa shape index (κ2) is 8.28. The Kier molecular flexibility index (Phi) is 5.83. The Morgan fingerprint density at radius 3 is 2.07 bits per heavy atom. The molecule has 0 heterocycles. The van der Waals surface area contributed by atoms with Gasteiger partial charge in [0.1, 0.15) is 5.75 Å². The lowest BCUT2D eigenvalue weighted by molar-refractivity contribution is -0.0504. The van der Waals surface area contributed by atoms with Crippen molar-refractivity contribution in [1.29, 1.82) is 0 Å². The van der Waals surface area contributed by atoms with Crippen molar-refractivity contribution in [1.82, 2.24) is 4.72 Å². The molecule has 140 valence electrons. The topological polar surface area (TPSA) is 55.4 Å². The number of para-hydroxylation sites is 1. The van der Waals surface area contributed by atoms with E-state index in [1.54, 1.807) is 18.2 Å². The van der Waals surface area contributed by atoms with Crippen molar-refractivity contribution in [3.8, 4) is 16.9 Å². The zero-order chi connectivity index (χ0) is 19.3. The Labute approximate surface area is 156 Å². The summed E-state index contributed by atoms with van der Waals surface area (Å²) in [6, 6.07) is 22.1. The van der Waals surface area contributed by atoms with Crippen LogP contribution in [0, 0.1) is 0 Å².